The molecule has 0 aromatic heterocycles. The van der Waals surface area contributed by atoms with Gasteiger partial charge in [0.25, 0.3) is 0 Å². The third-order valence-electron chi connectivity index (χ3n) is 2.89. The molecule has 100 valence electrons. The molecule has 3 heteroatoms. The van der Waals surface area contributed by atoms with Crippen LogP contribution in [0.3, 0.4) is 0 Å². The number of unbranched alkanes of at least 4 members (excludes halogenated alkanes) is 7. The van der Waals surface area contributed by atoms with Crippen molar-refractivity contribution in [3.63, 3.8) is 0 Å². The Kier molecular flexibility index (Phi) is 12.5. The van der Waals surface area contributed by atoms with Gasteiger partial charge in [0.05, 0.1) is 0 Å². The summed E-state index contributed by atoms with van der Waals surface area (Å²) < 4.78 is 0. The molecule has 0 heterocycles. The van der Waals surface area contributed by atoms with Crippen molar-refractivity contribution in [3.05, 3.63) is 17.2 Å². The molecule has 0 aliphatic heterocycles. The SMILES string of the molecule is CCCCCCCCCC=CNC(CC)N=O. The zero-order valence-corrected chi connectivity index (χ0v) is 11.5. The molecule has 0 aliphatic rings. The zero-order valence-electron chi connectivity index (χ0n) is 11.5. The Morgan fingerprint density at radius 3 is 2.29 bits per heavy atom. The molecule has 0 radical (unpaired) electrons. The lowest BCUT2D eigenvalue weighted by molar-refractivity contribution is 0.582. The van der Waals surface area contributed by atoms with Gasteiger partial charge >= 0.3 is 0 Å². The number of nitrogens with zero attached hydrogens (tertiary/aromatic N) is 1. The number of nitroso groups, excluding NO2 is 1. The van der Waals surface area contributed by atoms with Crippen molar-refractivity contribution in [1.29, 1.82) is 0 Å². The van der Waals surface area contributed by atoms with Crippen molar-refractivity contribution in [1.82, 2.24) is 5.32 Å². The highest BCUT2D eigenvalue weighted by molar-refractivity contribution is 4.81. The molecule has 0 aromatic carbocycles. The molecule has 0 spiro atoms. The van der Waals surface area contributed by atoms with Gasteiger partial charge in [-0.3, -0.25) is 0 Å². The van der Waals surface area contributed by atoms with Crippen LogP contribution >= 0.6 is 0 Å². The van der Waals surface area contributed by atoms with Gasteiger partial charge in [-0.15, -0.1) is 4.91 Å². The predicted octanol–water partition coefficient (Wildman–Crippen LogP) is 4.73. The second-order valence-electron chi connectivity index (χ2n) is 4.51. The van der Waals surface area contributed by atoms with Gasteiger partial charge in [-0.05, 0) is 30.6 Å². The summed E-state index contributed by atoms with van der Waals surface area (Å²) in [6.45, 7) is 4.19. The van der Waals surface area contributed by atoms with Crippen molar-refractivity contribution in [2.45, 2.75) is 77.8 Å². The Bertz CT molecular complexity index is 193. The van der Waals surface area contributed by atoms with Crippen LogP contribution in [-0.2, 0) is 0 Å². The van der Waals surface area contributed by atoms with Crippen molar-refractivity contribution in [2.75, 3.05) is 0 Å². The molecule has 0 fully saturated rings. The van der Waals surface area contributed by atoms with Gasteiger partial charge in [-0.2, -0.15) is 0 Å². The number of rotatable bonds is 12. The molecule has 1 unspecified atom stereocenters. The molecule has 1 atom stereocenters. The van der Waals surface area contributed by atoms with Gasteiger partial charge in [0.1, 0.15) is 0 Å². The van der Waals surface area contributed by atoms with Crippen LogP contribution in [0.1, 0.15) is 71.6 Å². The van der Waals surface area contributed by atoms with Crippen LogP contribution in [0.15, 0.2) is 17.5 Å². The summed E-state index contributed by atoms with van der Waals surface area (Å²) in [5.74, 6) is 0. The van der Waals surface area contributed by atoms with E-state index in [0.717, 1.165) is 12.8 Å². The lowest BCUT2D eigenvalue weighted by Gasteiger charge is -2.04. The molecular formula is C14H28N2O. The normalized spacial score (nSPS) is 12.8. The maximum atomic E-state index is 10.3. The van der Waals surface area contributed by atoms with Crippen LogP contribution in [-0.4, -0.2) is 6.17 Å². The van der Waals surface area contributed by atoms with Gasteiger partial charge < -0.3 is 5.32 Å². The topological polar surface area (TPSA) is 41.5 Å². The van der Waals surface area contributed by atoms with Gasteiger partial charge in [-0.25, -0.2) is 0 Å². The highest BCUT2D eigenvalue weighted by Crippen LogP contribution is 2.08. The monoisotopic (exact) mass is 240 g/mol. The van der Waals surface area contributed by atoms with Gasteiger partial charge in [0.2, 0.25) is 0 Å². The quantitative estimate of drug-likeness (QED) is 0.395. The maximum Gasteiger partial charge on any atom is 0.160 e. The molecule has 17 heavy (non-hydrogen) atoms. The van der Waals surface area contributed by atoms with Crippen molar-refractivity contribution in [3.8, 4) is 0 Å². The molecule has 0 rings (SSSR count). The maximum absolute atomic E-state index is 10.3. The Hall–Kier alpha value is -0.860. The summed E-state index contributed by atoms with van der Waals surface area (Å²) in [4.78, 5) is 10.3. The van der Waals surface area contributed by atoms with Crippen molar-refractivity contribution in [2.24, 2.45) is 5.18 Å². The molecule has 1 N–H and O–H groups in total. The van der Waals surface area contributed by atoms with E-state index in [1.807, 2.05) is 13.1 Å². The van der Waals surface area contributed by atoms with Gasteiger partial charge in [0, 0.05) is 0 Å². The minimum atomic E-state index is -0.264. The van der Waals surface area contributed by atoms with E-state index in [9.17, 15) is 4.91 Å². The third-order valence-corrected chi connectivity index (χ3v) is 2.89. The van der Waals surface area contributed by atoms with E-state index in [0.29, 0.717) is 0 Å². The Morgan fingerprint density at radius 1 is 1.06 bits per heavy atom. The fourth-order valence-corrected chi connectivity index (χ4v) is 1.70. The summed E-state index contributed by atoms with van der Waals surface area (Å²) in [7, 11) is 0. The predicted molar refractivity (Wildman–Crippen MR) is 74.8 cm³/mol. The highest BCUT2D eigenvalue weighted by atomic mass is 16.3. The second kappa shape index (κ2) is 13.2. The van der Waals surface area contributed by atoms with E-state index in [2.05, 4.69) is 23.5 Å². The lowest BCUT2D eigenvalue weighted by atomic mass is 10.1. The Morgan fingerprint density at radius 2 is 1.71 bits per heavy atom. The van der Waals surface area contributed by atoms with Crippen LogP contribution in [0, 0.1) is 4.91 Å². The van der Waals surface area contributed by atoms with Crippen molar-refractivity contribution >= 4 is 0 Å². The van der Waals surface area contributed by atoms with Gasteiger partial charge in [0.15, 0.2) is 6.17 Å². The zero-order chi connectivity index (χ0) is 12.8. The molecule has 0 saturated carbocycles. The van der Waals surface area contributed by atoms with Crippen molar-refractivity contribution < 1.29 is 0 Å². The summed E-state index contributed by atoms with van der Waals surface area (Å²) in [6, 6.07) is 0. The summed E-state index contributed by atoms with van der Waals surface area (Å²) >= 11 is 0. The first kappa shape index (κ1) is 16.1. The smallest absolute Gasteiger partial charge is 0.160 e. The number of hydrogen-bond acceptors (Lipinski definition) is 3. The summed E-state index contributed by atoms with van der Waals surface area (Å²) in [6.07, 6.45) is 14.9. The van der Waals surface area contributed by atoms with E-state index in [4.69, 9.17) is 0 Å². The molecule has 0 saturated heterocycles. The third kappa shape index (κ3) is 11.4. The Labute approximate surface area is 106 Å². The summed E-state index contributed by atoms with van der Waals surface area (Å²) in [5.41, 5.74) is 0. The summed E-state index contributed by atoms with van der Waals surface area (Å²) in [5, 5.41) is 5.95. The van der Waals surface area contributed by atoms with E-state index in [1.54, 1.807) is 0 Å². The van der Waals surface area contributed by atoms with Crippen LogP contribution in [0.4, 0.5) is 0 Å². The van der Waals surface area contributed by atoms with E-state index in [1.165, 1.54) is 44.9 Å². The van der Waals surface area contributed by atoms with Crippen LogP contribution in [0.25, 0.3) is 0 Å². The first-order valence-electron chi connectivity index (χ1n) is 7.08. The fourth-order valence-electron chi connectivity index (χ4n) is 1.70. The largest absolute Gasteiger partial charge is 0.367 e. The molecule has 0 aliphatic carbocycles. The minimum Gasteiger partial charge on any atom is -0.367 e. The fraction of sp³-hybridized carbons (Fsp3) is 0.857. The van der Waals surface area contributed by atoms with Crippen LogP contribution < -0.4 is 5.32 Å². The molecular weight excluding hydrogens is 212 g/mol. The minimum absolute atomic E-state index is 0.264. The average molecular weight is 240 g/mol. The number of hydrogen-bond donors (Lipinski definition) is 1. The first-order valence-corrected chi connectivity index (χ1v) is 7.08. The molecule has 0 amide bonds. The van der Waals surface area contributed by atoms with Gasteiger partial charge in [-0.1, -0.05) is 58.4 Å². The molecule has 3 nitrogen and oxygen atoms in total. The second-order valence-corrected chi connectivity index (χ2v) is 4.51. The average Bonchev–Trinajstić information content (AvgIpc) is 2.36. The number of allylic oxidation sites excluding steroid dienone is 1. The number of nitrogens with one attached hydrogen (secondary N) is 1. The Balaban J connectivity index is 3.21. The van der Waals surface area contributed by atoms with E-state index < -0.39 is 0 Å². The molecule has 0 bridgehead atoms. The van der Waals surface area contributed by atoms with E-state index in [-0.39, 0.29) is 6.17 Å². The highest BCUT2D eigenvalue weighted by Gasteiger charge is 1.98. The lowest BCUT2D eigenvalue weighted by Crippen LogP contribution is -2.19. The standard InChI is InChI=1S/C14H28N2O/c1-3-5-6-7-8-9-10-11-12-13-15-14(4-2)16-17/h12-15H,3-11H2,1-2H3. The molecule has 0 aromatic rings. The van der Waals surface area contributed by atoms with Crippen LogP contribution in [0.5, 0.6) is 0 Å². The first-order chi connectivity index (χ1) is 8.35. The van der Waals surface area contributed by atoms with E-state index >= 15 is 0 Å². The van der Waals surface area contributed by atoms with Crippen LogP contribution in [0.2, 0.25) is 0 Å².